The van der Waals surface area contributed by atoms with Crippen LogP contribution in [-0.4, -0.2) is 58.7 Å². The van der Waals surface area contributed by atoms with Crippen LogP contribution in [0.5, 0.6) is 0 Å². The zero-order valence-electron chi connectivity index (χ0n) is 25.2. The first kappa shape index (κ1) is 35.6. The number of sulfonamides is 1. The summed E-state index contributed by atoms with van der Waals surface area (Å²) < 4.78 is 29.2. The lowest BCUT2D eigenvalue weighted by Crippen LogP contribution is -2.60. The van der Waals surface area contributed by atoms with Gasteiger partial charge in [-0.25, -0.2) is 13.2 Å². The Hall–Kier alpha value is -3.71. The molecule has 1 aromatic heterocycles. The first-order chi connectivity index (χ1) is 22.7. The van der Waals surface area contributed by atoms with Crippen LogP contribution < -0.4 is 10.6 Å². The monoisotopic (exact) mass is 748 g/mol. The minimum absolute atomic E-state index is 0.0171. The van der Waals surface area contributed by atoms with Gasteiger partial charge in [-0.3, -0.25) is 14.6 Å². The molecule has 3 atom stereocenters. The standard InChI is InChI=1S/C33H28Cl4N4O6S/c1-33(25(20-5-3-2-4-6-20)11-12-41(33)48(46,47)24-15-21(34)14-22(35)16-24)32(45)40-28(31(43)44)13-19-7-9-23(10-8-19)39-30(42)29-26(36)17-38-18-27(29)37/h2-10,14-18,25,28H,11-13H2,1H3,(H,39,42)(H,40,45)(H,43,44)/t25-,28-,33?/m0/s1. The molecule has 3 aromatic carbocycles. The number of hydrogen-bond acceptors (Lipinski definition) is 6. The van der Waals surface area contributed by atoms with Crippen molar-refractivity contribution in [3.8, 4) is 0 Å². The lowest BCUT2D eigenvalue weighted by molar-refractivity contribution is -0.143. The number of hydrogen-bond donors (Lipinski definition) is 3. The van der Waals surface area contributed by atoms with Crippen molar-refractivity contribution in [1.82, 2.24) is 14.6 Å². The average Bonchev–Trinajstić information content (AvgIpc) is 3.40. The highest BCUT2D eigenvalue weighted by molar-refractivity contribution is 7.89. The molecular weight excluding hydrogens is 722 g/mol. The molecule has 1 aliphatic rings. The molecule has 3 N–H and O–H groups in total. The van der Waals surface area contributed by atoms with Crippen LogP contribution in [0.2, 0.25) is 20.1 Å². The van der Waals surface area contributed by atoms with Gasteiger partial charge in [0.15, 0.2) is 0 Å². The first-order valence-electron chi connectivity index (χ1n) is 14.5. The number of pyridine rings is 1. The molecule has 1 saturated heterocycles. The van der Waals surface area contributed by atoms with Gasteiger partial charge in [-0.2, -0.15) is 4.31 Å². The van der Waals surface area contributed by atoms with Gasteiger partial charge in [0.2, 0.25) is 15.9 Å². The Morgan fingerprint density at radius 1 is 0.958 bits per heavy atom. The average molecular weight is 750 g/mol. The predicted molar refractivity (Wildman–Crippen MR) is 184 cm³/mol. The number of benzene rings is 3. The Morgan fingerprint density at radius 3 is 2.15 bits per heavy atom. The van der Waals surface area contributed by atoms with Gasteiger partial charge in [0.1, 0.15) is 11.6 Å². The molecule has 2 amide bonds. The Kier molecular flexibility index (Phi) is 10.7. The number of carbonyl (C=O) groups is 3. The van der Waals surface area contributed by atoms with Crippen LogP contribution >= 0.6 is 46.4 Å². The molecule has 48 heavy (non-hydrogen) atoms. The van der Waals surface area contributed by atoms with Gasteiger partial charge in [-0.05, 0) is 54.8 Å². The van der Waals surface area contributed by atoms with E-state index in [0.717, 1.165) is 9.87 Å². The SMILES string of the molecule is CC1(C(=O)N[C@@H](Cc2ccc(NC(=O)c3c(Cl)cncc3Cl)cc2)C(=O)O)[C@H](c2ccccc2)CCN1S(=O)(=O)c1cc(Cl)cc(Cl)c1. The molecule has 0 aliphatic carbocycles. The first-order valence-corrected chi connectivity index (χ1v) is 17.4. The van der Waals surface area contributed by atoms with E-state index in [9.17, 15) is 27.9 Å². The van der Waals surface area contributed by atoms with Gasteiger partial charge in [0.25, 0.3) is 5.91 Å². The Labute approximate surface area is 297 Å². The number of carboxylic acid groups (broad SMARTS) is 1. The number of aliphatic carboxylic acids is 1. The van der Waals surface area contributed by atoms with Crippen molar-refractivity contribution in [2.45, 2.75) is 42.2 Å². The van der Waals surface area contributed by atoms with Crippen molar-refractivity contribution < 1.29 is 27.9 Å². The summed E-state index contributed by atoms with van der Waals surface area (Å²) >= 11 is 24.4. The van der Waals surface area contributed by atoms with Gasteiger partial charge in [-0.15, -0.1) is 0 Å². The Bertz CT molecular complexity index is 1940. The maximum absolute atomic E-state index is 14.2. The zero-order valence-corrected chi connectivity index (χ0v) is 29.0. The second-order valence-electron chi connectivity index (χ2n) is 11.3. The fraction of sp³-hybridized carbons (Fsp3) is 0.212. The number of nitrogens with zero attached hydrogens (tertiary/aromatic N) is 2. The van der Waals surface area contributed by atoms with Crippen LogP contribution in [0, 0.1) is 0 Å². The van der Waals surface area contributed by atoms with E-state index in [1.807, 2.05) is 0 Å². The van der Waals surface area contributed by atoms with E-state index < -0.39 is 45.3 Å². The topological polar surface area (TPSA) is 146 Å². The molecule has 1 aliphatic heterocycles. The van der Waals surface area contributed by atoms with Crippen molar-refractivity contribution in [3.63, 3.8) is 0 Å². The number of halogens is 4. The summed E-state index contributed by atoms with van der Waals surface area (Å²) in [4.78, 5) is 43.1. The molecule has 10 nitrogen and oxygen atoms in total. The Morgan fingerprint density at radius 2 is 1.56 bits per heavy atom. The quantitative estimate of drug-likeness (QED) is 0.164. The molecule has 0 bridgehead atoms. The molecule has 0 radical (unpaired) electrons. The summed E-state index contributed by atoms with van der Waals surface area (Å²) in [5.74, 6) is -3.28. The van der Waals surface area contributed by atoms with Crippen LogP contribution in [0.1, 0.15) is 40.7 Å². The smallest absolute Gasteiger partial charge is 0.326 e. The fourth-order valence-corrected chi connectivity index (χ4v) is 8.90. The van der Waals surface area contributed by atoms with Crippen LogP contribution in [0.25, 0.3) is 0 Å². The summed E-state index contributed by atoms with van der Waals surface area (Å²) in [6, 6.07) is 17.8. The lowest BCUT2D eigenvalue weighted by atomic mass is 9.81. The summed E-state index contributed by atoms with van der Waals surface area (Å²) in [5, 5.41) is 15.8. The number of amides is 2. The van der Waals surface area contributed by atoms with E-state index in [1.54, 1.807) is 54.6 Å². The van der Waals surface area contributed by atoms with Gasteiger partial charge in [-0.1, -0.05) is 88.9 Å². The fourth-order valence-electron chi connectivity index (χ4n) is 5.84. The number of carboxylic acids is 1. The highest BCUT2D eigenvalue weighted by Gasteiger charge is 2.56. The van der Waals surface area contributed by atoms with Crippen LogP contribution in [0.15, 0.2) is 90.1 Å². The number of carbonyl (C=O) groups excluding carboxylic acids is 2. The normalized spacial score (nSPS) is 18.6. The molecule has 15 heteroatoms. The van der Waals surface area contributed by atoms with Crippen LogP contribution in [-0.2, 0) is 26.0 Å². The number of rotatable bonds is 10. The van der Waals surface area contributed by atoms with Crippen molar-refractivity contribution >= 4 is 79.9 Å². The summed E-state index contributed by atoms with van der Waals surface area (Å²) in [7, 11) is -4.33. The van der Waals surface area contributed by atoms with Gasteiger partial charge < -0.3 is 15.7 Å². The third-order valence-electron chi connectivity index (χ3n) is 8.24. The van der Waals surface area contributed by atoms with Gasteiger partial charge >= 0.3 is 5.97 Å². The highest BCUT2D eigenvalue weighted by Crippen LogP contribution is 2.45. The van der Waals surface area contributed by atoms with E-state index in [0.29, 0.717) is 17.7 Å². The second-order valence-corrected chi connectivity index (χ2v) is 14.8. The number of anilines is 1. The molecule has 0 spiro atoms. The maximum atomic E-state index is 14.2. The minimum Gasteiger partial charge on any atom is -0.480 e. The summed E-state index contributed by atoms with van der Waals surface area (Å²) in [6.45, 7) is 1.48. The van der Waals surface area contributed by atoms with E-state index in [4.69, 9.17) is 46.4 Å². The molecule has 250 valence electrons. The van der Waals surface area contributed by atoms with Crippen molar-refractivity contribution in [2.24, 2.45) is 0 Å². The van der Waals surface area contributed by atoms with E-state index in [1.165, 1.54) is 37.5 Å². The molecular formula is C33H28Cl4N4O6S. The number of nitrogens with one attached hydrogen (secondary N) is 2. The third-order valence-corrected chi connectivity index (χ3v) is 11.2. The predicted octanol–water partition coefficient (Wildman–Crippen LogP) is 6.70. The van der Waals surface area contributed by atoms with E-state index in [-0.39, 0.29) is 43.5 Å². The van der Waals surface area contributed by atoms with Crippen LogP contribution in [0.3, 0.4) is 0 Å². The van der Waals surface area contributed by atoms with Crippen molar-refractivity contribution in [2.75, 3.05) is 11.9 Å². The van der Waals surface area contributed by atoms with E-state index in [2.05, 4.69) is 15.6 Å². The van der Waals surface area contributed by atoms with Gasteiger partial charge in [0, 0.05) is 47.0 Å². The second kappa shape index (κ2) is 14.4. The molecule has 4 aromatic rings. The van der Waals surface area contributed by atoms with E-state index >= 15 is 0 Å². The lowest BCUT2D eigenvalue weighted by Gasteiger charge is -2.38. The maximum Gasteiger partial charge on any atom is 0.326 e. The zero-order chi connectivity index (χ0) is 34.8. The highest BCUT2D eigenvalue weighted by atomic mass is 35.5. The van der Waals surface area contributed by atoms with Gasteiger partial charge in [0.05, 0.1) is 20.5 Å². The molecule has 2 heterocycles. The van der Waals surface area contributed by atoms with Crippen molar-refractivity contribution in [3.05, 3.63) is 122 Å². The largest absolute Gasteiger partial charge is 0.480 e. The molecule has 0 saturated carbocycles. The summed E-state index contributed by atoms with van der Waals surface area (Å²) in [6.07, 6.45) is 2.74. The molecule has 1 fully saturated rings. The Balaban J connectivity index is 1.40. The summed E-state index contributed by atoms with van der Waals surface area (Å²) in [5.41, 5.74) is -0.0537. The third kappa shape index (κ3) is 7.31. The molecule has 5 rings (SSSR count). The van der Waals surface area contributed by atoms with Crippen LogP contribution in [0.4, 0.5) is 5.69 Å². The number of aromatic nitrogens is 1. The minimum atomic E-state index is -4.33. The molecule has 1 unspecified atom stereocenters. The van der Waals surface area contributed by atoms with Crippen molar-refractivity contribution in [1.29, 1.82) is 0 Å².